The Morgan fingerprint density at radius 2 is 1.92 bits per heavy atom. The number of halogens is 1. The fourth-order valence-corrected chi connectivity index (χ4v) is 1.00. The Hall–Kier alpha value is -1.15. The summed E-state index contributed by atoms with van der Waals surface area (Å²) in [6.07, 6.45) is 5.53. The molecule has 0 aliphatic rings. The molecule has 70 valence electrons. The fourth-order valence-electron chi connectivity index (χ4n) is 1.00. The van der Waals surface area contributed by atoms with Crippen molar-refractivity contribution in [3.05, 3.63) is 41.7 Å². The van der Waals surface area contributed by atoms with E-state index in [0.29, 0.717) is 0 Å². The predicted molar refractivity (Wildman–Crippen MR) is 51.8 cm³/mol. The molecule has 0 amide bonds. The smallest absolute Gasteiger partial charge is 0.123 e. The fraction of sp³-hybridized carbons (Fsp3) is 0.273. The van der Waals surface area contributed by atoms with Crippen LogP contribution in [0.15, 0.2) is 30.3 Å². The van der Waals surface area contributed by atoms with Gasteiger partial charge in [-0.15, -0.1) is 0 Å². The first-order chi connectivity index (χ1) is 6.33. The molecule has 13 heavy (non-hydrogen) atoms. The van der Waals surface area contributed by atoms with E-state index in [1.165, 1.54) is 12.1 Å². The third-order valence-corrected chi connectivity index (χ3v) is 1.71. The van der Waals surface area contributed by atoms with Gasteiger partial charge >= 0.3 is 0 Å². The highest BCUT2D eigenvalue weighted by atomic mass is 19.1. The van der Waals surface area contributed by atoms with E-state index in [1.54, 1.807) is 12.1 Å². The van der Waals surface area contributed by atoms with Gasteiger partial charge < -0.3 is 5.11 Å². The molecule has 0 fully saturated rings. The van der Waals surface area contributed by atoms with Gasteiger partial charge in [0.15, 0.2) is 0 Å². The van der Waals surface area contributed by atoms with Crippen molar-refractivity contribution in [1.82, 2.24) is 0 Å². The number of allylic oxidation sites excluding steroid dienone is 1. The molecule has 0 heterocycles. The molecule has 0 aliphatic heterocycles. The van der Waals surface area contributed by atoms with Crippen LogP contribution in [0.1, 0.15) is 18.4 Å². The molecule has 2 heteroatoms. The highest BCUT2D eigenvalue weighted by molar-refractivity contribution is 5.48. The van der Waals surface area contributed by atoms with Gasteiger partial charge in [0.1, 0.15) is 5.82 Å². The van der Waals surface area contributed by atoms with Gasteiger partial charge in [-0.25, -0.2) is 4.39 Å². The lowest BCUT2D eigenvalue weighted by Gasteiger charge is -1.92. The topological polar surface area (TPSA) is 20.2 Å². The Balaban J connectivity index is 2.44. The van der Waals surface area contributed by atoms with Crippen LogP contribution in [0.5, 0.6) is 0 Å². The lowest BCUT2D eigenvalue weighted by atomic mass is 10.2. The summed E-state index contributed by atoms with van der Waals surface area (Å²) in [5.74, 6) is -0.215. The number of rotatable bonds is 4. The molecule has 0 aliphatic carbocycles. The summed E-state index contributed by atoms with van der Waals surface area (Å²) in [5, 5.41) is 8.52. The Morgan fingerprint density at radius 1 is 1.23 bits per heavy atom. The molecule has 0 radical (unpaired) electrons. The Bertz CT molecular complexity index is 264. The van der Waals surface area contributed by atoms with E-state index in [2.05, 4.69) is 0 Å². The van der Waals surface area contributed by atoms with Crippen molar-refractivity contribution in [1.29, 1.82) is 0 Å². The van der Waals surface area contributed by atoms with Crippen molar-refractivity contribution < 1.29 is 9.50 Å². The van der Waals surface area contributed by atoms with E-state index in [-0.39, 0.29) is 12.4 Å². The predicted octanol–water partition coefficient (Wildman–Crippen LogP) is 2.61. The van der Waals surface area contributed by atoms with Gasteiger partial charge in [-0.1, -0.05) is 24.3 Å². The largest absolute Gasteiger partial charge is 0.396 e. The maximum Gasteiger partial charge on any atom is 0.123 e. The van der Waals surface area contributed by atoms with Gasteiger partial charge in [0, 0.05) is 6.61 Å². The zero-order valence-electron chi connectivity index (χ0n) is 7.41. The van der Waals surface area contributed by atoms with Crippen LogP contribution in [0.4, 0.5) is 4.39 Å². The van der Waals surface area contributed by atoms with Crippen molar-refractivity contribution >= 4 is 6.08 Å². The van der Waals surface area contributed by atoms with E-state index >= 15 is 0 Å². The molecule has 1 N–H and O–H groups in total. The van der Waals surface area contributed by atoms with Crippen LogP contribution in [0.3, 0.4) is 0 Å². The average molecular weight is 180 g/mol. The SMILES string of the molecule is OCCC/C=C/c1ccc(F)cc1. The highest BCUT2D eigenvalue weighted by Crippen LogP contribution is 2.05. The molecular weight excluding hydrogens is 167 g/mol. The molecule has 0 saturated heterocycles. The number of hydrogen-bond donors (Lipinski definition) is 1. The molecule has 0 saturated carbocycles. The molecule has 0 bridgehead atoms. The minimum atomic E-state index is -0.215. The normalized spacial score (nSPS) is 10.9. The molecule has 1 aromatic carbocycles. The van der Waals surface area contributed by atoms with Crippen LogP contribution in [-0.2, 0) is 0 Å². The third kappa shape index (κ3) is 3.85. The summed E-state index contributed by atoms with van der Waals surface area (Å²) in [5.41, 5.74) is 0.985. The zero-order chi connectivity index (χ0) is 9.52. The summed E-state index contributed by atoms with van der Waals surface area (Å²) in [4.78, 5) is 0. The summed E-state index contributed by atoms with van der Waals surface area (Å²) in [7, 11) is 0. The Kier molecular flexibility index (Phi) is 4.19. The van der Waals surface area contributed by atoms with E-state index in [1.807, 2.05) is 12.2 Å². The minimum Gasteiger partial charge on any atom is -0.396 e. The molecular formula is C11H13FO. The van der Waals surface area contributed by atoms with Crippen molar-refractivity contribution in [2.75, 3.05) is 6.61 Å². The van der Waals surface area contributed by atoms with E-state index in [4.69, 9.17) is 5.11 Å². The van der Waals surface area contributed by atoms with Crippen LogP contribution in [-0.4, -0.2) is 11.7 Å². The van der Waals surface area contributed by atoms with Crippen molar-refractivity contribution in [2.45, 2.75) is 12.8 Å². The molecule has 0 unspecified atom stereocenters. The summed E-state index contributed by atoms with van der Waals surface area (Å²) in [6.45, 7) is 0.216. The monoisotopic (exact) mass is 180 g/mol. The quantitative estimate of drug-likeness (QED) is 0.706. The molecule has 0 atom stereocenters. The number of hydrogen-bond acceptors (Lipinski definition) is 1. The number of unbranched alkanes of at least 4 members (excludes halogenated alkanes) is 1. The first-order valence-electron chi connectivity index (χ1n) is 4.36. The van der Waals surface area contributed by atoms with Crippen LogP contribution in [0.2, 0.25) is 0 Å². The molecule has 1 rings (SSSR count). The van der Waals surface area contributed by atoms with Gasteiger partial charge in [-0.2, -0.15) is 0 Å². The van der Waals surface area contributed by atoms with Gasteiger partial charge in [0.2, 0.25) is 0 Å². The minimum absolute atomic E-state index is 0.215. The number of benzene rings is 1. The first-order valence-corrected chi connectivity index (χ1v) is 4.36. The van der Waals surface area contributed by atoms with Crippen molar-refractivity contribution in [3.8, 4) is 0 Å². The Morgan fingerprint density at radius 3 is 2.54 bits per heavy atom. The number of aliphatic hydroxyl groups is 1. The maximum absolute atomic E-state index is 12.5. The average Bonchev–Trinajstić information content (AvgIpc) is 2.15. The van der Waals surface area contributed by atoms with Crippen LogP contribution in [0, 0.1) is 5.82 Å². The molecule has 0 aromatic heterocycles. The molecule has 1 aromatic rings. The van der Waals surface area contributed by atoms with Gasteiger partial charge in [0.25, 0.3) is 0 Å². The molecule has 1 nitrogen and oxygen atoms in total. The van der Waals surface area contributed by atoms with Crippen molar-refractivity contribution in [3.63, 3.8) is 0 Å². The molecule has 0 spiro atoms. The second-order valence-corrected chi connectivity index (χ2v) is 2.82. The second-order valence-electron chi connectivity index (χ2n) is 2.82. The van der Waals surface area contributed by atoms with Crippen molar-refractivity contribution in [2.24, 2.45) is 0 Å². The number of aliphatic hydroxyl groups excluding tert-OH is 1. The first kappa shape index (κ1) is 9.93. The van der Waals surface area contributed by atoms with E-state index in [0.717, 1.165) is 18.4 Å². The summed E-state index contributed by atoms with van der Waals surface area (Å²) < 4.78 is 12.5. The van der Waals surface area contributed by atoms with Crippen LogP contribution < -0.4 is 0 Å². The second kappa shape index (κ2) is 5.49. The lowest BCUT2D eigenvalue weighted by Crippen LogP contribution is -1.78. The zero-order valence-corrected chi connectivity index (χ0v) is 7.41. The lowest BCUT2D eigenvalue weighted by molar-refractivity contribution is 0.290. The van der Waals surface area contributed by atoms with Crippen LogP contribution in [0.25, 0.3) is 6.08 Å². The Labute approximate surface area is 77.5 Å². The van der Waals surface area contributed by atoms with Crippen LogP contribution >= 0.6 is 0 Å². The highest BCUT2D eigenvalue weighted by Gasteiger charge is 1.87. The summed E-state index contributed by atoms with van der Waals surface area (Å²) in [6, 6.07) is 6.33. The van der Waals surface area contributed by atoms with Gasteiger partial charge in [0.05, 0.1) is 0 Å². The third-order valence-electron chi connectivity index (χ3n) is 1.71. The maximum atomic E-state index is 12.5. The van der Waals surface area contributed by atoms with Gasteiger partial charge in [-0.3, -0.25) is 0 Å². The van der Waals surface area contributed by atoms with E-state index < -0.39 is 0 Å². The standard InChI is InChI=1S/C11H13FO/c12-11-7-5-10(6-8-11)4-2-1-3-9-13/h2,4-8,13H,1,3,9H2/b4-2+. The van der Waals surface area contributed by atoms with E-state index in [9.17, 15) is 4.39 Å². The van der Waals surface area contributed by atoms with Gasteiger partial charge in [-0.05, 0) is 30.5 Å². The summed E-state index contributed by atoms with van der Waals surface area (Å²) >= 11 is 0.